The van der Waals surface area contributed by atoms with Crippen molar-refractivity contribution in [3.05, 3.63) is 58.5 Å². The van der Waals surface area contributed by atoms with Gasteiger partial charge in [-0.1, -0.05) is 19.9 Å². The van der Waals surface area contributed by atoms with E-state index in [4.69, 9.17) is 19.6 Å². The van der Waals surface area contributed by atoms with Gasteiger partial charge in [-0.25, -0.2) is 4.79 Å². The molecule has 0 aliphatic carbocycles. The lowest BCUT2D eigenvalue weighted by Crippen LogP contribution is -2.28. The molecule has 1 amide bonds. The van der Waals surface area contributed by atoms with Gasteiger partial charge in [0, 0.05) is 0 Å². The lowest BCUT2D eigenvalue weighted by Gasteiger charge is -2.14. The van der Waals surface area contributed by atoms with Gasteiger partial charge in [-0.3, -0.25) is 15.1 Å². The molecule has 0 spiro atoms. The van der Waals surface area contributed by atoms with Crippen molar-refractivity contribution < 1.29 is 23.8 Å². The van der Waals surface area contributed by atoms with Crippen molar-refractivity contribution in [2.45, 2.75) is 20.8 Å². The molecular formula is C24H26N2O5S. The Morgan fingerprint density at radius 3 is 2.50 bits per heavy atom. The van der Waals surface area contributed by atoms with Gasteiger partial charge in [-0.15, -0.1) is 0 Å². The first-order chi connectivity index (χ1) is 15.3. The number of carbonyl (C=O) groups is 2. The van der Waals surface area contributed by atoms with Crippen molar-refractivity contribution in [2.24, 2.45) is 5.92 Å². The van der Waals surface area contributed by atoms with Crippen molar-refractivity contribution >= 4 is 40.6 Å². The third kappa shape index (κ3) is 5.31. The van der Waals surface area contributed by atoms with E-state index in [2.05, 4.69) is 13.8 Å². The second-order valence-corrected chi connectivity index (χ2v) is 8.47. The molecule has 1 N–H and O–H groups in total. The molecule has 0 saturated carbocycles. The third-order valence-corrected chi connectivity index (χ3v) is 5.41. The van der Waals surface area contributed by atoms with Gasteiger partial charge in [-0.05, 0) is 72.6 Å². The van der Waals surface area contributed by atoms with Gasteiger partial charge < -0.3 is 14.2 Å². The summed E-state index contributed by atoms with van der Waals surface area (Å²) in [6.07, 6.45) is 1.73. The van der Waals surface area contributed by atoms with Crippen LogP contribution in [0.5, 0.6) is 11.5 Å². The molecule has 2 aromatic rings. The number of nitrogens with zero attached hydrogens (tertiary/aromatic N) is 1. The quantitative estimate of drug-likeness (QED) is 0.448. The largest absolute Gasteiger partial charge is 0.493 e. The summed E-state index contributed by atoms with van der Waals surface area (Å²) in [7, 11) is 1.57. The number of esters is 1. The molecule has 0 bridgehead atoms. The van der Waals surface area contributed by atoms with Gasteiger partial charge in [0.2, 0.25) is 0 Å². The summed E-state index contributed by atoms with van der Waals surface area (Å²) >= 11 is 1.08. The standard InChI is InChI=1S/C24H26N2O5S/c1-5-30-23(28)17-7-9-18(10-8-17)26-22(27)21(32-24(26)25)13-16-6-11-19(20(12-16)29-4)31-14-15(2)3/h6-13,15,25H,5,14H2,1-4H3/b21-13-,25-24?. The number of benzene rings is 2. The highest BCUT2D eigenvalue weighted by Crippen LogP contribution is 2.36. The number of hydrogen-bond donors (Lipinski definition) is 1. The lowest BCUT2D eigenvalue weighted by molar-refractivity contribution is -0.113. The van der Waals surface area contributed by atoms with Crippen molar-refractivity contribution in [3.63, 3.8) is 0 Å². The highest BCUT2D eigenvalue weighted by atomic mass is 32.2. The molecule has 7 nitrogen and oxygen atoms in total. The highest BCUT2D eigenvalue weighted by molar-refractivity contribution is 8.19. The van der Waals surface area contributed by atoms with Crippen LogP contribution in [0.2, 0.25) is 0 Å². The first-order valence-electron chi connectivity index (χ1n) is 10.2. The van der Waals surface area contributed by atoms with Crippen LogP contribution in [0.1, 0.15) is 36.7 Å². The van der Waals surface area contributed by atoms with Gasteiger partial charge in [0.25, 0.3) is 5.91 Å². The van der Waals surface area contributed by atoms with Gasteiger partial charge in [0.1, 0.15) is 0 Å². The molecule has 1 heterocycles. The minimum Gasteiger partial charge on any atom is -0.493 e. The highest BCUT2D eigenvalue weighted by Gasteiger charge is 2.33. The normalized spacial score (nSPS) is 14.9. The Balaban J connectivity index is 1.80. The van der Waals surface area contributed by atoms with E-state index in [1.807, 2.05) is 12.1 Å². The second-order valence-electron chi connectivity index (χ2n) is 7.44. The molecule has 1 saturated heterocycles. The van der Waals surface area contributed by atoms with Crippen LogP contribution >= 0.6 is 11.8 Å². The predicted molar refractivity (Wildman–Crippen MR) is 127 cm³/mol. The molecule has 32 heavy (non-hydrogen) atoms. The summed E-state index contributed by atoms with van der Waals surface area (Å²) in [4.78, 5) is 26.6. The molecule has 168 valence electrons. The van der Waals surface area contributed by atoms with Crippen molar-refractivity contribution in [1.29, 1.82) is 5.41 Å². The molecule has 1 fully saturated rings. The van der Waals surface area contributed by atoms with E-state index in [1.165, 1.54) is 4.90 Å². The fourth-order valence-electron chi connectivity index (χ4n) is 2.98. The Hall–Kier alpha value is -3.26. The first-order valence-corrected chi connectivity index (χ1v) is 11.1. The van der Waals surface area contributed by atoms with E-state index in [9.17, 15) is 9.59 Å². The Morgan fingerprint density at radius 2 is 1.88 bits per heavy atom. The molecule has 2 aromatic carbocycles. The summed E-state index contributed by atoms with van der Waals surface area (Å²) in [5, 5.41) is 8.36. The first kappa shape index (κ1) is 23.4. The second kappa shape index (κ2) is 10.4. The maximum Gasteiger partial charge on any atom is 0.338 e. The minimum absolute atomic E-state index is 0.0917. The van der Waals surface area contributed by atoms with Gasteiger partial charge in [-0.2, -0.15) is 0 Å². The Morgan fingerprint density at radius 1 is 1.16 bits per heavy atom. The zero-order valence-corrected chi connectivity index (χ0v) is 19.3. The van der Waals surface area contributed by atoms with Crippen molar-refractivity contribution in [3.8, 4) is 11.5 Å². The fraction of sp³-hybridized carbons (Fsp3) is 0.292. The van der Waals surface area contributed by atoms with E-state index in [0.29, 0.717) is 40.2 Å². The van der Waals surface area contributed by atoms with E-state index >= 15 is 0 Å². The maximum atomic E-state index is 13.0. The molecule has 0 atom stereocenters. The zero-order valence-electron chi connectivity index (χ0n) is 18.5. The van der Waals surface area contributed by atoms with E-state index in [1.54, 1.807) is 50.4 Å². The number of thioether (sulfide) groups is 1. The Kier molecular flexibility index (Phi) is 7.58. The molecule has 0 aromatic heterocycles. The van der Waals surface area contributed by atoms with Crippen LogP contribution in [-0.2, 0) is 9.53 Å². The summed E-state index contributed by atoms with van der Waals surface area (Å²) in [6, 6.07) is 11.9. The zero-order chi connectivity index (χ0) is 23.3. The van der Waals surface area contributed by atoms with Gasteiger partial charge >= 0.3 is 5.97 Å². The smallest absolute Gasteiger partial charge is 0.338 e. The summed E-state index contributed by atoms with van der Waals surface area (Å²) < 4.78 is 16.2. The van der Waals surface area contributed by atoms with Gasteiger partial charge in [0.05, 0.1) is 36.5 Å². The minimum atomic E-state index is -0.424. The number of rotatable bonds is 8. The number of carbonyl (C=O) groups excluding carboxylic acids is 2. The summed E-state index contributed by atoms with van der Waals surface area (Å²) in [5.41, 5.74) is 1.67. The SMILES string of the molecule is CCOC(=O)c1ccc(N2C(=N)S/C(=C\c3ccc(OCC(C)C)c(OC)c3)C2=O)cc1. The number of ether oxygens (including phenoxy) is 3. The lowest BCUT2D eigenvalue weighted by atomic mass is 10.1. The van der Waals surface area contributed by atoms with Crippen LogP contribution < -0.4 is 14.4 Å². The Bertz CT molecular complexity index is 1050. The molecule has 1 aliphatic heterocycles. The Labute approximate surface area is 191 Å². The fourth-order valence-corrected chi connectivity index (χ4v) is 3.85. The van der Waals surface area contributed by atoms with E-state index in [-0.39, 0.29) is 17.7 Å². The number of methoxy groups -OCH3 is 1. The number of hydrogen-bond acceptors (Lipinski definition) is 7. The van der Waals surface area contributed by atoms with Crippen molar-refractivity contribution in [1.82, 2.24) is 0 Å². The molecule has 1 aliphatic rings. The molecular weight excluding hydrogens is 428 g/mol. The number of amides is 1. The van der Waals surface area contributed by atoms with Crippen LogP contribution in [0.15, 0.2) is 47.4 Å². The average molecular weight is 455 g/mol. The number of nitrogens with one attached hydrogen (secondary N) is 1. The number of amidine groups is 1. The van der Waals surface area contributed by atoms with E-state index in [0.717, 1.165) is 17.3 Å². The molecule has 0 unspecified atom stereocenters. The van der Waals surface area contributed by atoms with Crippen LogP contribution in [-0.4, -0.2) is 37.4 Å². The number of anilines is 1. The third-order valence-electron chi connectivity index (χ3n) is 4.52. The van der Waals surface area contributed by atoms with Crippen LogP contribution in [0.25, 0.3) is 6.08 Å². The summed E-state index contributed by atoms with van der Waals surface area (Å²) in [6.45, 7) is 6.74. The molecule has 8 heteroatoms. The van der Waals surface area contributed by atoms with E-state index < -0.39 is 5.97 Å². The van der Waals surface area contributed by atoms with Crippen molar-refractivity contribution in [2.75, 3.05) is 25.2 Å². The average Bonchev–Trinajstić information content (AvgIpc) is 3.05. The van der Waals surface area contributed by atoms with Crippen LogP contribution in [0.4, 0.5) is 5.69 Å². The molecule has 0 radical (unpaired) electrons. The predicted octanol–water partition coefficient (Wildman–Crippen LogP) is 4.96. The maximum absolute atomic E-state index is 13.0. The summed E-state index contributed by atoms with van der Waals surface area (Å²) in [5.74, 6) is 0.883. The molecule has 3 rings (SSSR count). The van der Waals surface area contributed by atoms with Crippen LogP contribution in [0, 0.1) is 11.3 Å². The van der Waals surface area contributed by atoms with Gasteiger partial charge in [0.15, 0.2) is 16.7 Å². The topological polar surface area (TPSA) is 88.9 Å². The van der Waals surface area contributed by atoms with Crippen LogP contribution in [0.3, 0.4) is 0 Å². The monoisotopic (exact) mass is 454 g/mol.